The van der Waals surface area contributed by atoms with Crippen molar-refractivity contribution >= 4 is 5.78 Å². The standard InChI is InChI=1S/C23H29NO2/c1-18(2)15-21(23-22(25)13-14-26-23)24(16-19-9-5-3-6-10-19)17-20-11-7-4-8-12-20/h3-12,18,21,23H,13-17H2,1-2H3/t21-,23-/m0/s1. The molecule has 0 spiro atoms. The second-order valence-electron chi connectivity index (χ2n) is 7.58. The van der Waals surface area contributed by atoms with Crippen LogP contribution in [0.5, 0.6) is 0 Å². The summed E-state index contributed by atoms with van der Waals surface area (Å²) in [6, 6.07) is 21.1. The average molecular weight is 351 g/mol. The molecule has 1 aliphatic heterocycles. The van der Waals surface area contributed by atoms with E-state index in [1.165, 1.54) is 11.1 Å². The first-order valence-electron chi connectivity index (χ1n) is 9.59. The van der Waals surface area contributed by atoms with Crippen LogP contribution in [0.3, 0.4) is 0 Å². The summed E-state index contributed by atoms with van der Waals surface area (Å²) < 4.78 is 5.89. The Morgan fingerprint density at radius 3 is 1.92 bits per heavy atom. The molecule has 0 bridgehead atoms. The Morgan fingerprint density at radius 1 is 0.962 bits per heavy atom. The number of hydrogen-bond acceptors (Lipinski definition) is 3. The maximum absolute atomic E-state index is 12.5. The summed E-state index contributed by atoms with van der Waals surface area (Å²) in [5.41, 5.74) is 2.53. The third-order valence-electron chi connectivity index (χ3n) is 4.95. The molecule has 3 heteroatoms. The quantitative estimate of drug-likeness (QED) is 0.703. The summed E-state index contributed by atoms with van der Waals surface area (Å²) in [5.74, 6) is 0.757. The number of ketones is 1. The van der Waals surface area contributed by atoms with Gasteiger partial charge in [-0.2, -0.15) is 0 Å². The topological polar surface area (TPSA) is 29.5 Å². The molecule has 3 rings (SSSR count). The molecule has 1 heterocycles. The fraction of sp³-hybridized carbons (Fsp3) is 0.435. The van der Waals surface area contributed by atoms with Crippen molar-refractivity contribution in [3.63, 3.8) is 0 Å². The summed E-state index contributed by atoms with van der Waals surface area (Å²) in [7, 11) is 0. The smallest absolute Gasteiger partial charge is 0.165 e. The molecule has 0 aromatic heterocycles. The van der Waals surface area contributed by atoms with Gasteiger partial charge in [0.15, 0.2) is 5.78 Å². The van der Waals surface area contributed by atoms with Gasteiger partial charge in [0.05, 0.1) is 6.61 Å². The van der Waals surface area contributed by atoms with Crippen molar-refractivity contribution in [1.82, 2.24) is 4.90 Å². The number of carbonyl (C=O) groups is 1. The summed E-state index contributed by atoms with van der Waals surface area (Å²) >= 11 is 0. The van der Waals surface area contributed by atoms with Crippen LogP contribution in [0.15, 0.2) is 60.7 Å². The number of benzene rings is 2. The summed E-state index contributed by atoms with van der Waals surface area (Å²) in [4.78, 5) is 14.9. The SMILES string of the molecule is CC(C)C[C@@H]([C@@H]1OCCC1=O)N(Cc1ccccc1)Cc1ccccc1. The lowest BCUT2D eigenvalue weighted by Gasteiger charge is -2.36. The first-order valence-corrected chi connectivity index (χ1v) is 9.59. The summed E-state index contributed by atoms with van der Waals surface area (Å²) in [6.45, 7) is 6.63. The molecule has 0 unspecified atom stereocenters. The molecule has 1 fully saturated rings. The summed E-state index contributed by atoms with van der Waals surface area (Å²) in [6.07, 6.45) is 1.20. The van der Waals surface area contributed by atoms with E-state index in [0.29, 0.717) is 18.9 Å². The lowest BCUT2D eigenvalue weighted by atomic mass is 9.94. The monoisotopic (exact) mass is 351 g/mol. The third-order valence-corrected chi connectivity index (χ3v) is 4.95. The average Bonchev–Trinajstić information content (AvgIpc) is 3.06. The predicted molar refractivity (Wildman–Crippen MR) is 105 cm³/mol. The van der Waals surface area contributed by atoms with E-state index in [1.807, 2.05) is 12.1 Å². The summed E-state index contributed by atoms with van der Waals surface area (Å²) in [5, 5.41) is 0. The van der Waals surface area contributed by atoms with Crippen LogP contribution in [0.2, 0.25) is 0 Å². The fourth-order valence-corrected chi connectivity index (χ4v) is 3.72. The van der Waals surface area contributed by atoms with E-state index < -0.39 is 0 Å². The van der Waals surface area contributed by atoms with Crippen molar-refractivity contribution in [2.75, 3.05) is 6.61 Å². The molecule has 0 saturated carbocycles. The molecule has 0 N–H and O–H groups in total. The molecular weight excluding hydrogens is 322 g/mol. The maximum Gasteiger partial charge on any atom is 0.165 e. The third kappa shape index (κ3) is 5.03. The van der Waals surface area contributed by atoms with Crippen molar-refractivity contribution in [2.24, 2.45) is 5.92 Å². The lowest BCUT2D eigenvalue weighted by Crippen LogP contribution is -2.46. The van der Waals surface area contributed by atoms with Crippen molar-refractivity contribution < 1.29 is 9.53 Å². The zero-order valence-corrected chi connectivity index (χ0v) is 15.8. The van der Waals surface area contributed by atoms with Crippen LogP contribution in [0.25, 0.3) is 0 Å². The predicted octanol–water partition coefficient (Wildman–Crippen LogP) is 4.46. The van der Waals surface area contributed by atoms with E-state index in [2.05, 4.69) is 67.3 Å². The number of carbonyl (C=O) groups excluding carboxylic acids is 1. The molecule has 2 atom stereocenters. The molecule has 1 aliphatic rings. The molecule has 3 nitrogen and oxygen atoms in total. The highest BCUT2D eigenvalue weighted by Crippen LogP contribution is 2.26. The molecule has 0 amide bonds. The van der Waals surface area contributed by atoms with Gasteiger partial charge in [-0.05, 0) is 23.5 Å². The minimum atomic E-state index is -0.301. The Balaban J connectivity index is 1.88. The van der Waals surface area contributed by atoms with Gasteiger partial charge in [-0.1, -0.05) is 74.5 Å². The fourth-order valence-electron chi connectivity index (χ4n) is 3.72. The highest BCUT2D eigenvalue weighted by Gasteiger charge is 2.37. The normalized spacial score (nSPS) is 18.6. The largest absolute Gasteiger partial charge is 0.368 e. The van der Waals surface area contributed by atoms with Gasteiger partial charge < -0.3 is 4.74 Å². The second-order valence-corrected chi connectivity index (χ2v) is 7.58. The van der Waals surface area contributed by atoms with Crippen molar-refractivity contribution in [1.29, 1.82) is 0 Å². The van der Waals surface area contributed by atoms with E-state index in [4.69, 9.17) is 4.74 Å². The van der Waals surface area contributed by atoms with Crippen molar-refractivity contribution in [3.05, 3.63) is 71.8 Å². The van der Waals surface area contributed by atoms with Crippen LogP contribution in [0, 0.1) is 5.92 Å². The molecule has 1 saturated heterocycles. The van der Waals surface area contributed by atoms with Gasteiger partial charge >= 0.3 is 0 Å². The van der Waals surface area contributed by atoms with Crippen molar-refractivity contribution in [2.45, 2.75) is 51.9 Å². The van der Waals surface area contributed by atoms with E-state index in [-0.39, 0.29) is 17.9 Å². The highest BCUT2D eigenvalue weighted by atomic mass is 16.5. The zero-order valence-electron chi connectivity index (χ0n) is 15.8. The Morgan fingerprint density at radius 2 is 1.50 bits per heavy atom. The van der Waals surface area contributed by atoms with Crippen molar-refractivity contribution in [3.8, 4) is 0 Å². The molecule has 138 valence electrons. The molecule has 0 radical (unpaired) electrons. The molecule has 2 aromatic rings. The Bertz CT molecular complexity index is 642. The van der Waals surface area contributed by atoms with Crippen LogP contribution >= 0.6 is 0 Å². The maximum atomic E-state index is 12.5. The molecule has 0 aliphatic carbocycles. The number of Topliss-reactive ketones (excluding diaryl/α,β-unsaturated/α-hetero) is 1. The number of rotatable bonds is 8. The highest BCUT2D eigenvalue weighted by molar-refractivity contribution is 5.85. The Hall–Kier alpha value is -1.97. The zero-order chi connectivity index (χ0) is 18.4. The van der Waals surface area contributed by atoms with Crippen LogP contribution in [0.4, 0.5) is 0 Å². The van der Waals surface area contributed by atoms with Crippen LogP contribution < -0.4 is 0 Å². The lowest BCUT2D eigenvalue weighted by molar-refractivity contribution is -0.126. The van der Waals surface area contributed by atoms with Crippen LogP contribution in [-0.4, -0.2) is 29.4 Å². The van der Waals surface area contributed by atoms with Gasteiger partial charge in [0, 0.05) is 25.6 Å². The minimum absolute atomic E-state index is 0.102. The first-order chi connectivity index (χ1) is 12.6. The van der Waals surface area contributed by atoms with Gasteiger partial charge in [0.25, 0.3) is 0 Å². The van der Waals surface area contributed by atoms with Gasteiger partial charge in [-0.3, -0.25) is 9.69 Å². The molecular formula is C23H29NO2. The van der Waals surface area contributed by atoms with Crippen LogP contribution in [-0.2, 0) is 22.6 Å². The molecule has 2 aromatic carbocycles. The molecule has 26 heavy (non-hydrogen) atoms. The Labute approximate surface area is 157 Å². The Kier molecular flexibility index (Phi) is 6.59. The van der Waals surface area contributed by atoms with E-state index in [1.54, 1.807) is 0 Å². The minimum Gasteiger partial charge on any atom is -0.368 e. The van der Waals surface area contributed by atoms with Crippen LogP contribution in [0.1, 0.15) is 37.8 Å². The van der Waals surface area contributed by atoms with Gasteiger partial charge in [-0.15, -0.1) is 0 Å². The van der Waals surface area contributed by atoms with E-state index in [0.717, 1.165) is 19.5 Å². The second kappa shape index (κ2) is 9.11. The van der Waals surface area contributed by atoms with Gasteiger partial charge in [0.1, 0.15) is 6.10 Å². The number of ether oxygens (including phenoxy) is 1. The van der Waals surface area contributed by atoms with E-state index in [9.17, 15) is 4.79 Å². The number of nitrogens with zero attached hydrogens (tertiary/aromatic N) is 1. The van der Waals surface area contributed by atoms with E-state index >= 15 is 0 Å². The first kappa shape index (κ1) is 18.8. The number of hydrogen-bond donors (Lipinski definition) is 0. The van der Waals surface area contributed by atoms with Gasteiger partial charge in [0.2, 0.25) is 0 Å². The van der Waals surface area contributed by atoms with Gasteiger partial charge in [-0.25, -0.2) is 0 Å².